The van der Waals surface area contributed by atoms with E-state index in [0.717, 1.165) is 12.1 Å². The smallest absolute Gasteiger partial charge is 0.255 e. The van der Waals surface area contributed by atoms with Crippen LogP contribution < -0.4 is 15.5 Å². The zero-order chi connectivity index (χ0) is 23.2. The van der Waals surface area contributed by atoms with E-state index in [9.17, 15) is 14.0 Å². The number of hydrogen-bond donors (Lipinski definition) is 2. The minimum atomic E-state index is -0.484. The maximum absolute atomic E-state index is 13.8. The number of carbonyl (C=O) groups excluding carboxylic acids is 2. The van der Waals surface area contributed by atoms with Crippen molar-refractivity contribution in [3.05, 3.63) is 83.8 Å². The van der Waals surface area contributed by atoms with E-state index in [1.807, 2.05) is 24.3 Å². The first-order chi connectivity index (χ1) is 16.0. The van der Waals surface area contributed by atoms with Crippen LogP contribution in [-0.2, 0) is 11.2 Å². The van der Waals surface area contributed by atoms with Crippen molar-refractivity contribution >= 4 is 29.0 Å². The van der Waals surface area contributed by atoms with Crippen LogP contribution in [0.4, 0.5) is 21.6 Å². The summed E-state index contributed by atoms with van der Waals surface area (Å²) in [4.78, 5) is 31.8. The number of halogens is 1. The average Bonchev–Trinajstić information content (AvgIpc) is 2.85. The molecule has 6 nitrogen and oxygen atoms in total. The minimum absolute atomic E-state index is 0.0360. The van der Waals surface area contributed by atoms with Crippen molar-refractivity contribution in [1.82, 2.24) is 4.98 Å². The van der Waals surface area contributed by atoms with Gasteiger partial charge in [0.2, 0.25) is 5.91 Å². The fourth-order valence-electron chi connectivity index (χ4n) is 3.97. The number of carbonyl (C=O) groups is 2. The van der Waals surface area contributed by atoms with Crippen molar-refractivity contribution in [1.29, 1.82) is 0 Å². The predicted octanol–water partition coefficient (Wildman–Crippen LogP) is 4.89. The maximum atomic E-state index is 13.8. The zero-order valence-electron chi connectivity index (χ0n) is 18.6. The van der Waals surface area contributed by atoms with Crippen LogP contribution in [0.1, 0.15) is 35.7 Å². The molecule has 170 valence electrons. The third kappa shape index (κ3) is 5.55. The number of nitrogens with zero attached hydrogens (tertiary/aromatic N) is 2. The van der Waals surface area contributed by atoms with Crippen LogP contribution >= 0.6 is 0 Å². The summed E-state index contributed by atoms with van der Waals surface area (Å²) >= 11 is 0. The van der Waals surface area contributed by atoms with Crippen molar-refractivity contribution in [3.8, 4) is 0 Å². The van der Waals surface area contributed by atoms with E-state index in [2.05, 4.69) is 27.4 Å². The number of amides is 2. The normalized spacial score (nSPS) is 14.1. The predicted molar refractivity (Wildman–Crippen MR) is 128 cm³/mol. The van der Waals surface area contributed by atoms with Crippen LogP contribution in [0.2, 0.25) is 0 Å². The first kappa shape index (κ1) is 22.5. The van der Waals surface area contributed by atoms with E-state index < -0.39 is 11.7 Å². The Morgan fingerprint density at radius 3 is 2.58 bits per heavy atom. The number of hydrogen-bond acceptors (Lipinski definition) is 4. The highest BCUT2D eigenvalue weighted by atomic mass is 19.1. The van der Waals surface area contributed by atoms with Crippen molar-refractivity contribution in [2.75, 3.05) is 28.6 Å². The fraction of sp³-hybridized carbons (Fsp3) is 0.269. The number of benzene rings is 2. The molecule has 1 aliphatic heterocycles. The summed E-state index contributed by atoms with van der Waals surface area (Å²) in [5.41, 5.74) is 2.56. The molecular weight excluding hydrogens is 419 g/mol. The van der Waals surface area contributed by atoms with Gasteiger partial charge in [0, 0.05) is 36.5 Å². The standard InChI is InChI=1S/C26H27FN4O2/c1-2-18-6-5-7-21(16-18)29-25(32)19-11-14-31(15-12-19)24-17-20(10-13-28-24)26(33)30-23-9-4-3-8-22(23)27/h3-10,13,16-17,19H,2,11-12,14-15H2,1H3,(H,29,32)(H,30,33). The molecule has 2 heterocycles. The highest BCUT2D eigenvalue weighted by Crippen LogP contribution is 2.24. The third-order valence-corrected chi connectivity index (χ3v) is 5.92. The lowest BCUT2D eigenvalue weighted by molar-refractivity contribution is -0.120. The van der Waals surface area contributed by atoms with E-state index >= 15 is 0 Å². The van der Waals surface area contributed by atoms with Gasteiger partial charge < -0.3 is 15.5 Å². The zero-order valence-corrected chi connectivity index (χ0v) is 18.6. The Morgan fingerprint density at radius 1 is 1.03 bits per heavy atom. The third-order valence-electron chi connectivity index (χ3n) is 5.92. The Bertz CT molecular complexity index is 1140. The molecule has 4 rings (SSSR count). The minimum Gasteiger partial charge on any atom is -0.357 e. The molecular formula is C26H27FN4O2. The fourth-order valence-corrected chi connectivity index (χ4v) is 3.97. The van der Waals surface area contributed by atoms with Gasteiger partial charge in [-0.05, 0) is 61.2 Å². The number of piperidine rings is 1. The molecule has 2 amide bonds. The highest BCUT2D eigenvalue weighted by molar-refractivity contribution is 6.04. The lowest BCUT2D eigenvalue weighted by Gasteiger charge is -2.32. The molecule has 1 aliphatic rings. The maximum Gasteiger partial charge on any atom is 0.255 e. The number of rotatable bonds is 6. The van der Waals surface area contributed by atoms with Gasteiger partial charge in [0.25, 0.3) is 5.91 Å². The number of aromatic nitrogens is 1. The molecule has 0 bridgehead atoms. The van der Waals surface area contributed by atoms with Gasteiger partial charge in [0.05, 0.1) is 5.69 Å². The van der Waals surface area contributed by atoms with Gasteiger partial charge in [0.1, 0.15) is 11.6 Å². The monoisotopic (exact) mass is 446 g/mol. The summed E-state index contributed by atoms with van der Waals surface area (Å²) in [6.07, 6.45) is 3.90. The first-order valence-electron chi connectivity index (χ1n) is 11.2. The lowest BCUT2D eigenvalue weighted by atomic mass is 9.95. The van der Waals surface area contributed by atoms with Crippen LogP contribution in [0, 0.1) is 11.7 Å². The lowest BCUT2D eigenvalue weighted by Crippen LogP contribution is -2.38. The van der Waals surface area contributed by atoms with Crippen LogP contribution in [0.3, 0.4) is 0 Å². The number of pyridine rings is 1. The molecule has 0 atom stereocenters. The van der Waals surface area contributed by atoms with E-state index in [-0.39, 0.29) is 17.5 Å². The van der Waals surface area contributed by atoms with Gasteiger partial charge in [-0.1, -0.05) is 31.2 Å². The Labute approximate surface area is 192 Å². The van der Waals surface area contributed by atoms with E-state index in [0.29, 0.717) is 37.3 Å². The summed E-state index contributed by atoms with van der Waals surface area (Å²) in [5, 5.41) is 5.63. The van der Waals surface area contributed by atoms with Gasteiger partial charge in [-0.25, -0.2) is 9.37 Å². The molecule has 0 radical (unpaired) electrons. The molecule has 1 saturated heterocycles. The van der Waals surface area contributed by atoms with Crippen molar-refractivity contribution in [2.45, 2.75) is 26.2 Å². The van der Waals surface area contributed by atoms with Gasteiger partial charge >= 0.3 is 0 Å². The largest absolute Gasteiger partial charge is 0.357 e. The second-order valence-electron chi connectivity index (χ2n) is 8.14. The van der Waals surface area contributed by atoms with Crippen LogP contribution in [0.25, 0.3) is 0 Å². The SMILES string of the molecule is CCc1cccc(NC(=O)C2CCN(c3cc(C(=O)Nc4ccccc4F)ccn3)CC2)c1. The summed E-state index contributed by atoms with van der Waals surface area (Å²) in [6.45, 7) is 3.42. The molecule has 2 N–H and O–H groups in total. The van der Waals surface area contributed by atoms with Gasteiger partial charge in [-0.15, -0.1) is 0 Å². The molecule has 0 saturated carbocycles. The average molecular weight is 447 g/mol. The van der Waals surface area contributed by atoms with Gasteiger partial charge in [-0.3, -0.25) is 9.59 Å². The summed E-state index contributed by atoms with van der Waals surface area (Å²) < 4.78 is 13.8. The molecule has 0 aliphatic carbocycles. The van der Waals surface area contributed by atoms with E-state index in [1.54, 1.807) is 30.5 Å². The summed E-state index contributed by atoms with van der Waals surface area (Å²) in [7, 11) is 0. The van der Waals surface area contributed by atoms with E-state index in [4.69, 9.17) is 0 Å². The number of aryl methyl sites for hydroxylation is 1. The highest BCUT2D eigenvalue weighted by Gasteiger charge is 2.26. The molecule has 0 unspecified atom stereocenters. The van der Waals surface area contributed by atoms with E-state index in [1.165, 1.54) is 17.7 Å². The van der Waals surface area contributed by atoms with Crippen molar-refractivity contribution in [3.63, 3.8) is 0 Å². The van der Waals surface area contributed by atoms with Crippen molar-refractivity contribution < 1.29 is 14.0 Å². The van der Waals surface area contributed by atoms with Crippen LogP contribution in [-0.4, -0.2) is 29.9 Å². The quantitative estimate of drug-likeness (QED) is 0.565. The Morgan fingerprint density at radius 2 is 1.82 bits per heavy atom. The molecule has 1 fully saturated rings. The van der Waals surface area contributed by atoms with Crippen LogP contribution in [0.5, 0.6) is 0 Å². The molecule has 2 aromatic carbocycles. The summed E-state index contributed by atoms with van der Waals surface area (Å²) in [6, 6.07) is 17.3. The number of nitrogens with one attached hydrogen (secondary N) is 2. The topological polar surface area (TPSA) is 74.3 Å². The number of para-hydroxylation sites is 1. The molecule has 3 aromatic rings. The van der Waals surface area contributed by atoms with Crippen LogP contribution in [0.15, 0.2) is 66.9 Å². The van der Waals surface area contributed by atoms with Gasteiger partial charge in [0.15, 0.2) is 0 Å². The molecule has 0 spiro atoms. The first-order valence-corrected chi connectivity index (χ1v) is 11.2. The van der Waals surface area contributed by atoms with Crippen molar-refractivity contribution in [2.24, 2.45) is 5.92 Å². The Balaban J connectivity index is 1.35. The summed E-state index contributed by atoms with van der Waals surface area (Å²) in [5.74, 6) is -0.243. The Kier molecular flexibility index (Phi) is 6.98. The molecule has 33 heavy (non-hydrogen) atoms. The second kappa shape index (κ2) is 10.3. The van der Waals surface area contributed by atoms with Gasteiger partial charge in [-0.2, -0.15) is 0 Å². The second-order valence-corrected chi connectivity index (χ2v) is 8.14. The molecule has 1 aromatic heterocycles. The number of anilines is 3. The molecule has 7 heteroatoms. The Hall–Kier alpha value is -3.74.